The van der Waals surface area contributed by atoms with E-state index in [0.717, 1.165) is 18.5 Å². The van der Waals surface area contributed by atoms with E-state index >= 15 is 0 Å². The van der Waals surface area contributed by atoms with E-state index in [1.807, 2.05) is 5.38 Å². The van der Waals surface area contributed by atoms with Crippen LogP contribution < -0.4 is 5.32 Å². The smallest absolute Gasteiger partial charge is 0.229 e. The number of amides is 1. The third-order valence-electron chi connectivity index (χ3n) is 3.14. The maximum atomic E-state index is 12.0. The second-order valence-corrected chi connectivity index (χ2v) is 5.58. The summed E-state index contributed by atoms with van der Waals surface area (Å²) in [6.45, 7) is 0. The molecule has 0 aromatic carbocycles. The molecule has 0 unspecified atom stereocenters. The predicted molar refractivity (Wildman–Crippen MR) is 71.5 cm³/mol. The molecule has 1 heterocycles. The number of hydrogen-bond acceptors (Lipinski definition) is 3. The van der Waals surface area contributed by atoms with Gasteiger partial charge in [0.2, 0.25) is 5.91 Å². The minimum atomic E-state index is 0.127. The quantitative estimate of drug-likeness (QED) is 0.672. The fourth-order valence-electron chi connectivity index (χ4n) is 2.17. The largest absolute Gasteiger partial charge is 0.302 e. The van der Waals surface area contributed by atoms with Crippen molar-refractivity contribution in [3.05, 3.63) is 11.1 Å². The fourth-order valence-corrected chi connectivity index (χ4v) is 3.12. The SMILES string of the molecule is O=C(Nc1nc(CCl)cs1)C1CCCCCC1. The lowest BCUT2D eigenvalue weighted by atomic mass is 10.00. The summed E-state index contributed by atoms with van der Waals surface area (Å²) >= 11 is 7.12. The Labute approximate surface area is 111 Å². The molecule has 1 aliphatic rings. The zero-order valence-corrected chi connectivity index (χ0v) is 11.3. The molecule has 0 radical (unpaired) electrons. The Kier molecular flexibility index (Phi) is 4.80. The van der Waals surface area contributed by atoms with Gasteiger partial charge in [0.15, 0.2) is 5.13 Å². The van der Waals surface area contributed by atoms with E-state index in [4.69, 9.17) is 11.6 Å². The molecule has 0 saturated heterocycles. The Balaban J connectivity index is 1.90. The van der Waals surface area contributed by atoms with Crippen LogP contribution in [0.3, 0.4) is 0 Å². The summed E-state index contributed by atoms with van der Waals surface area (Å²) in [5.41, 5.74) is 0.827. The van der Waals surface area contributed by atoms with E-state index in [1.54, 1.807) is 0 Å². The zero-order valence-electron chi connectivity index (χ0n) is 9.75. The summed E-state index contributed by atoms with van der Waals surface area (Å²) in [7, 11) is 0. The number of aromatic nitrogens is 1. The predicted octanol–water partition coefficient (Wildman–Crippen LogP) is 3.79. The van der Waals surface area contributed by atoms with Crippen molar-refractivity contribution >= 4 is 34.0 Å². The zero-order chi connectivity index (χ0) is 12.1. The monoisotopic (exact) mass is 272 g/mol. The van der Waals surface area contributed by atoms with Crippen molar-refractivity contribution in [1.29, 1.82) is 0 Å². The van der Waals surface area contributed by atoms with Crippen LogP contribution in [-0.4, -0.2) is 10.9 Å². The summed E-state index contributed by atoms with van der Waals surface area (Å²) in [5, 5.41) is 5.46. The number of alkyl halides is 1. The molecule has 1 aliphatic carbocycles. The van der Waals surface area contributed by atoms with E-state index in [2.05, 4.69) is 10.3 Å². The maximum Gasteiger partial charge on any atom is 0.229 e. The Morgan fingerprint density at radius 2 is 2.12 bits per heavy atom. The number of carbonyl (C=O) groups excluding carboxylic acids is 1. The van der Waals surface area contributed by atoms with E-state index in [0.29, 0.717) is 11.0 Å². The average Bonchev–Trinajstić information content (AvgIpc) is 2.62. The number of carbonyl (C=O) groups is 1. The van der Waals surface area contributed by atoms with Gasteiger partial charge in [-0.2, -0.15) is 0 Å². The fraction of sp³-hybridized carbons (Fsp3) is 0.667. The van der Waals surface area contributed by atoms with Crippen molar-refractivity contribution in [1.82, 2.24) is 4.98 Å². The molecule has 17 heavy (non-hydrogen) atoms. The van der Waals surface area contributed by atoms with Crippen LogP contribution >= 0.6 is 22.9 Å². The van der Waals surface area contributed by atoms with Crippen LogP contribution in [0.1, 0.15) is 44.2 Å². The van der Waals surface area contributed by atoms with Crippen LogP contribution in [-0.2, 0) is 10.7 Å². The minimum Gasteiger partial charge on any atom is -0.302 e. The van der Waals surface area contributed by atoms with E-state index in [-0.39, 0.29) is 11.8 Å². The minimum absolute atomic E-state index is 0.127. The van der Waals surface area contributed by atoms with Gasteiger partial charge < -0.3 is 5.32 Å². The van der Waals surface area contributed by atoms with Crippen LogP contribution in [0, 0.1) is 5.92 Å². The first-order valence-corrected chi connectivity index (χ1v) is 7.52. The van der Waals surface area contributed by atoms with Crippen molar-refractivity contribution in [2.45, 2.75) is 44.4 Å². The molecule has 2 rings (SSSR count). The first-order valence-electron chi connectivity index (χ1n) is 6.11. The summed E-state index contributed by atoms with van der Waals surface area (Å²) in [6, 6.07) is 0. The Morgan fingerprint density at radius 1 is 1.41 bits per heavy atom. The number of nitrogens with one attached hydrogen (secondary N) is 1. The standard InChI is InChI=1S/C12H17ClN2OS/c13-7-10-8-17-12(14-10)15-11(16)9-5-3-1-2-4-6-9/h8-9H,1-7H2,(H,14,15,16). The molecular weight excluding hydrogens is 256 g/mol. The van der Waals surface area contributed by atoms with Crippen molar-refractivity contribution in [2.75, 3.05) is 5.32 Å². The van der Waals surface area contributed by atoms with Gasteiger partial charge in [-0.15, -0.1) is 22.9 Å². The molecule has 0 aliphatic heterocycles. The van der Waals surface area contributed by atoms with Crippen LogP contribution in [0.15, 0.2) is 5.38 Å². The van der Waals surface area contributed by atoms with Crippen molar-refractivity contribution in [2.24, 2.45) is 5.92 Å². The lowest BCUT2D eigenvalue weighted by molar-refractivity contribution is -0.120. The second kappa shape index (κ2) is 6.36. The van der Waals surface area contributed by atoms with E-state index in [9.17, 15) is 4.79 Å². The topological polar surface area (TPSA) is 42.0 Å². The lowest BCUT2D eigenvalue weighted by Crippen LogP contribution is -2.22. The molecule has 3 nitrogen and oxygen atoms in total. The Hall–Kier alpha value is -0.610. The number of rotatable bonds is 3. The number of hydrogen-bond donors (Lipinski definition) is 1. The van der Waals surface area contributed by atoms with E-state index < -0.39 is 0 Å². The van der Waals surface area contributed by atoms with Crippen molar-refractivity contribution < 1.29 is 4.79 Å². The molecule has 1 aromatic heterocycles. The van der Waals surface area contributed by atoms with Crippen molar-refractivity contribution in [3.63, 3.8) is 0 Å². The molecule has 94 valence electrons. The van der Waals surface area contributed by atoms with Gasteiger partial charge >= 0.3 is 0 Å². The highest BCUT2D eigenvalue weighted by Crippen LogP contribution is 2.25. The highest BCUT2D eigenvalue weighted by Gasteiger charge is 2.20. The van der Waals surface area contributed by atoms with E-state index in [1.165, 1.54) is 37.0 Å². The highest BCUT2D eigenvalue weighted by molar-refractivity contribution is 7.13. The van der Waals surface area contributed by atoms with Crippen LogP contribution in [0.4, 0.5) is 5.13 Å². The molecule has 0 bridgehead atoms. The molecule has 1 aromatic rings. The molecule has 1 amide bonds. The van der Waals surface area contributed by atoms with Gasteiger partial charge in [-0.25, -0.2) is 4.98 Å². The summed E-state index contributed by atoms with van der Waals surface area (Å²) < 4.78 is 0. The van der Waals surface area contributed by atoms with Crippen LogP contribution in [0.5, 0.6) is 0 Å². The van der Waals surface area contributed by atoms with Crippen LogP contribution in [0.2, 0.25) is 0 Å². The summed E-state index contributed by atoms with van der Waals surface area (Å²) in [5.74, 6) is 0.693. The number of nitrogens with zero attached hydrogens (tertiary/aromatic N) is 1. The van der Waals surface area contributed by atoms with Gasteiger partial charge in [-0.1, -0.05) is 25.7 Å². The lowest BCUT2D eigenvalue weighted by Gasteiger charge is -2.12. The summed E-state index contributed by atoms with van der Waals surface area (Å²) in [4.78, 5) is 16.3. The molecule has 0 atom stereocenters. The molecule has 1 N–H and O–H groups in total. The second-order valence-electron chi connectivity index (χ2n) is 4.46. The number of halogens is 1. The van der Waals surface area contributed by atoms with Gasteiger partial charge in [-0.05, 0) is 12.8 Å². The maximum absolute atomic E-state index is 12.0. The normalized spacial score (nSPS) is 17.7. The molecule has 1 saturated carbocycles. The van der Waals surface area contributed by atoms with Gasteiger partial charge in [-0.3, -0.25) is 4.79 Å². The average molecular weight is 273 g/mol. The Bertz CT molecular complexity index is 372. The van der Waals surface area contributed by atoms with Gasteiger partial charge in [0.25, 0.3) is 0 Å². The molecule has 0 spiro atoms. The van der Waals surface area contributed by atoms with Crippen molar-refractivity contribution in [3.8, 4) is 0 Å². The Morgan fingerprint density at radius 3 is 2.71 bits per heavy atom. The van der Waals surface area contributed by atoms with Gasteiger partial charge in [0.1, 0.15) is 0 Å². The molecule has 1 fully saturated rings. The highest BCUT2D eigenvalue weighted by atomic mass is 35.5. The first kappa shape index (κ1) is 12.8. The molecular formula is C12H17ClN2OS. The number of anilines is 1. The van der Waals surface area contributed by atoms with Gasteiger partial charge in [0, 0.05) is 11.3 Å². The third-order valence-corrected chi connectivity index (χ3v) is 4.23. The summed E-state index contributed by atoms with van der Waals surface area (Å²) in [6.07, 6.45) is 6.89. The van der Waals surface area contributed by atoms with Crippen LogP contribution in [0.25, 0.3) is 0 Å². The molecule has 5 heteroatoms. The number of thiazole rings is 1. The third kappa shape index (κ3) is 3.68. The first-order chi connectivity index (χ1) is 8.29. The van der Waals surface area contributed by atoms with Gasteiger partial charge in [0.05, 0.1) is 11.6 Å².